The van der Waals surface area contributed by atoms with Crippen LogP contribution >= 0.6 is 0 Å². The van der Waals surface area contributed by atoms with Crippen LogP contribution in [0.1, 0.15) is 19.3 Å². The number of likely N-dealkylation sites (tertiary alicyclic amines) is 1. The van der Waals surface area contributed by atoms with E-state index in [1.54, 1.807) is 0 Å². The van der Waals surface area contributed by atoms with E-state index in [1.807, 2.05) is 4.90 Å². The maximum absolute atomic E-state index is 11.4. The van der Waals surface area contributed by atoms with Gasteiger partial charge in [0, 0.05) is 0 Å². The molecule has 0 aromatic rings. The predicted molar refractivity (Wildman–Crippen MR) is 55.0 cm³/mol. The maximum Gasteiger partial charge on any atom is 0.321 e. The smallest absolute Gasteiger partial charge is 0.321 e. The number of amides is 1. The zero-order valence-electron chi connectivity index (χ0n) is 9.02. The van der Waals surface area contributed by atoms with Crippen molar-refractivity contribution in [2.24, 2.45) is 5.73 Å². The number of carbonyl (C=O) groups excluding carboxylic acids is 2. The number of nitrogens with zero attached hydrogens (tertiary/aromatic N) is 2. The van der Waals surface area contributed by atoms with Gasteiger partial charge in [0.2, 0.25) is 0 Å². The van der Waals surface area contributed by atoms with E-state index in [1.165, 1.54) is 12.5 Å². The van der Waals surface area contributed by atoms with Crippen molar-refractivity contribution in [3.63, 3.8) is 0 Å². The van der Waals surface area contributed by atoms with Crippen molar-refractivity contribution in [2.45, 2.75) is 25.4 Å². The number of primary amides is 1. The first-order valence-electron chi connectivity index (χ1n) is 5.24. The molecular weight excluding hydrogens is 210 g/mol. The molecule has 1 fully saturated rings. The van der Waals surface area contributed by atoms with E-state index in [2.05, 4.69) is 4.74 Å². The minimum absolute atomic E-state index is 0.117. The Kier molecular flexibility index (Phi) is 4.73. The summed E-state index contributed by atoms with van der Waals surface area (Å²) in [6, 6.07) is 1.53. The molecule has 2 N–H and O–H groups in total. The molecule has 1 rings (SSSR count). The van der Waals surface area contributed by atoms with E-state index in [0.29, 0.717) is 0 Å². The molecule has 1 heterocycles. The molecule has 0 aromatic heterocycles. The largest absolute Gasteiger partial charge is 0.436 e. The second-order valence-electron chi connectivity index (χ2n) is 3.74. The molecule has 0 saturated carbocycles. The van der Waals surface area contributed by atoms with E-state index in [9.17, 15) is 9.59 Å². The topological polar surface area (TPSA) is 96.4 Å². The van der Waals surface area contributed by atoms with Gasteiger partial charge in [-0.15, -0.1) is 0 Å². The van der Waals surface area contributed by atoms with Gasteiger partial charge < -0.3 is 10.5 Å². The van der Waals surface area contributed by atoms with Gasteiger partial charge in [-0.2, -0.15) is 5.26 Å². The number of hydrogen-bond donors (Lipinski definition) is 1. The van der Waals surface area contributed by atoms with E-state index in [0.717, 1.165) is 25.9 Å². The number of nitriles is 1. The van der Waals surface area contributed by atoms with Crippen molar-refractivity contribution in [2.75, 3.05) is 19.6 Å². The van der Waals surface area contributed by atoms with Crippen molar-refractivity contribution in [3.8, 4) is 6.07 Å². The van der Waals surface area contributed by atoms with Crippen LogP contribution in [-0.4, -0.2) is 42.5 Å². The monoisotopic (exact) mass is 225 g/mol. The molecule has 0 aliphatic carbocycles. The molecule has 1 atom stereocenters. The van der Waals surface area contributed by atoms with Crippen LogP contribution in [0.3, 0.4) is 0 Å². The van der Waals surface area contributed by atoms with Crippen LogP contribution in [0.4, 0.5) is 0 Å². The Labute approximate surface area is 93.9 Å². The summed E-state index contributed by atoms with van der Waals surface area (Å²) in [4.78, 5) is 24.0. The van der Waals surface area contributed by atoms with Gasteiger partial charge in [0.15, 0.2) is 0 Å². The fourth-order valence-electron chi connectivity index (χ4n) is 1.62. The molecule has 6 nitrogen and oxygen atoms in total. The highest BCUT2D eigenvalue weighted by Gasteiger charge is 2.21. The van der Waals surface area contributed by atoms with Gasteiger partial charge >= 0.3 is 5.97 Å². The second-order valence-corrected chi connectivity index (χ2v) is 3.74. The number of rotatable bonds is 4. The van der Waals surface area contributed by atoms with Gasteiger partial charge in [-0.1, -0.05) is 6.42 Å². The van der Waals surface area contributed by atoms with Gasteiger partial charge in [-0.3, -0.25) is 14.5 Å². The lowest BCUT2D eigenvalue weighted by Gasteiger charge is -2.25. The lowest BCUT2D eigenvalue weighted by molar-refractivity contribution is -0.152. The molecule has 0 radical (unpaired) electrons. The van der Waals surface area contributed by atoms with Crippen LogP contribution in [-0.2, 0) is 14.3 Å². The molecule has 16 heavy (non-hydrogen) atoms. The molecule has 1 aliphatic heterocycles. The molecule has 0 aromatic carbocycles. The van der Waals surface area contributed by atoms with Gasteiger partial charge in [-0.05, 0) is 25.9 Å². The van der Waals surface area contributed by atoms with Crippen molar-refractivity contribution >= 4 is 11.9 Å². The molecule has 6 heteroatoms. The van der Waals surface area contributed by atoms with E-state index < -0.39 is 18.0 Å². The van der Waals surface area contributed by atoms with Crippen LogP contribution in [0.2, 0.25) is 0 Å². The molecule has 1 aliphatic rings. The van der Waals surface area contributed by atoms with E-state index in [4.69, 9.17) is 11.0 Å². The van der Waals surface area contributed by atoms with Gasteiger partial charge in [-0.25, -0.2) is 0 Å². The summed E-state index contributed by atoms with van der Waals surface area (Å²) < 4.78 is 4.65. The summed E-state index contributed by atoms with van der Waals surface area (Å²) in [5.74, 6) is -1.51. The van der Waals surface area contributed by atoms with Gasteiger partial charge in [0.1, 0.15) is 6.07 Å². The molecule has 88 valence electrons. The third-order valence-corrected chi connectivity index (χ3v) is 2.43. The highest BCUT2D eigenvalue weighted by molar-refractivity contribution is 5.85. The average Bonchev–Trinajstić information content (AvgIpc) is 2.27. The molecule has 0 bridgehead atoms. The number of piperidine rings is 1. The van der Waals surface area contributed by atoms with Crippen molar-refractivity contribution in [1.29, 1.82) is 5.26 Å². The SMILES string of the molecule is N#CC(OC(=O)CN1CCCCC1)C(N)=O. The number of nitrogens with two attached hydrogens (primary N) is 1. The number of carbonyl (C=O) groups is 2. The summed E-state index contributed by atoms with van der Waals surface area (Å²) >= 11 is 0. The van der Waals surface area contributed by atoms with Crippen molar-refractivity contribution < 1.29 is 14.3 Å². The zero-order chi connectivity index (χ0) is 12.0. The zero-order valence-corrected chi connectivity index (χ0v) is 9.02. The lowest BCUT2D eigenvalue weighted by Crippen LogP contribution is -2.39. The minimum atomic E-state index is -1.47. The lowest BCUT2D eigenvalue weighted by atomic mass is 10.1. The third-order valence-electron chi connectivity index (χ3n) is 2.43. The first-order chi connectivity index (χ1) is 7.63. The minimum Gasteiger partial charge on any atom is -0.436 e. The van der Waals surface area contributed by atoms with Gasteiger partial charge in [0.25, 0.3) is 12.0 Å². The Morgan fingerprint density at radius 2 is 2.00 bits per heavy atom. The molecule has 1 saturated heterocycles. The van der Waals surface area contributed by atoms with E-state index >= 15 is 0 Å². The number of hydrogen-bond acceptors (Lipinski definition) is 5. The first kappa shape index (κ1) is 12.5. The normalized spacial score (nSPS) is 18.4. The number of ether oxygens (including phenoxy) is 1. The standard InChI is InChI=1S/C10H15N3O3/c11-6-8(10(12)15)16-9(14)7-13-4-2-1-3-5-13/h8H,1-5,7H2,(H2,12,15). The maximum atomic E-state index is 11.4. The van der Waals surface area contributed by atoms with Crippen LogP contribution in [0.25, 0.3) is 0 Å². The summed E-state index contributed by atoms with van der Waals surface area (Å²) in [7, 11) is 0. The molecule has 1 unspecified atom stereocenters. The van der Waals surface area contributed by atoms with Crippen LogP contribution in [0, 0.1) is 11.3 Å². The van der Waals surface area contributed by atoms with Gasteiger partial charge in [0.05, 0.1) is 6.54 Å². The van der Waals surface area contributed by atoms with Crippen LogP contribution < -0.4 is 5.73 Å². The first-order valence-corrected chi connectivity index (χ1v) is 5.24. The fraction of sp³-hybridized carbons (Fsp3) is 0.700. The highest BCUT2D eigenvalue weighted by Crippen LogP contribution is 2.08. The Balaban J connectivity index is 2.34. The summed E-state index contributed by atoms with van der Waals surface area (Å²) in [5, 5.41) is 8.51. The summed E-state index contributed by atoms with van der Waals surface area (Å²) in [5.41, 5.74) is 4.88. The number of esters is 1. The van der Waals surface area contributed by atoms with Crippen LogP contribution in [0.15, 0.2) is 0 Å². The van der Waals surface area contributed by atoms with E-state index in [-0.39, 0.29) is 6.54 Å². The highest BCUT2D eigenvalue weighted by atomic mass is 16.5. The quantitative estimate of drug-likeness (QED) is 0.644. The third kappa shape index (κ3) is 3.87. The Morgan fingerprint density at radius 3 is 2.50 bits per heavy atom. The second kappa shape index (κ2) is 6.08. The average molecular weight is 225 g/mol. The molecular formula is C10H15N3O3. The summed E-state index contributed by atoms with van der Waals surface area (Å²) in [6.45, 7) is 1.82. The molecule has 0 spiro atoms. The predicted octanol–water partition coefficient (Wildman–Crippen LogP) is -0.607. The Morgan fingerprint density at radius 1 is 1.38 bits per heavy atom. The Hall–Kier alpha value is -1.61. The van der Waals surface area contributed by atoms with Crippen LogP contribution in [0.5, 0.6) is 0 Å². The summed E-state index contributed by atoms with van der Waals surface area (Å²) in [6.07, 6.45) is 1.82. The van der Waals surface area contributed by atoms with Crippen molar-refractivity contribution in [1.82, 2.24) is 4.90 Å². The Bertz CT molecular complexity index is 305. The molecule has 1 amide bonds. The van der Waals surface area contributed by atoms with Crippen molar-refractivity contribution in [3.05, 3.63) is 0 Å². The fourth-order valence-corrected chi connectivity index (χ4v) is 1.62.